The van der Waals surface area contributed by atoms with Crippen LogP contribution in [0.2, 0.25) is 0 Å². The average Bonchev–Trinajstić information content (AvgIpc) is 2.94. The van der Waals surface area contributed by atoms with Gasteiger partial charge >= 0.3 is 5.97 Å². The minimum atomic E-state index is -0.942. The van der Waals surface area contributed by atoms with Crippen molar-refractivity contribution in [2.24, 2.45) is 5.41 Å². The summed E-state index contributed by atoms with van der Waals surface area (Å²) in [7, 11) is 0. The van der Waals surface area contributed by atoms with Gasteiger partial charge in [0.25, 0.3) is 0 Å². The molecule has 1 aromatic rings. The number of carboxylic acids is 1. The molecule has 20 heavy (non-hydrogen) atoms. The molecule has 0 aliphatic heterocycles. The molecule has 1 aromatic heterocycles. The molecule has 0 radical (unpaired) electrons. The lowest BCUT2D eigenvalue weighted by Gasteiger charge is -2.27. The maximum absolute atomic E-state index is 11.1. The zero-order chi connectivity index (χ0) is 14.6. The smallest absolute Gasteiger partial charge is 0.335 e. The lowest BCUT2D eigenvalue weighted by Crippen LogP contribution is -2.30. The summed E-state index contributed by atoms with van der Waals surface area (Å²) < 4.78 is 0. The molecule has 0 unspecified atom stereocenters. The first-order valence-electron chi connectivity index (χ1n) is 7.17. The molecule has 0 bridgehead atoms. The third-order valence-corrected chi connectivity index (χ3v) is 4.13. The second kappa shape index (κ2) is 6.22. The van der Waals surface area contributed by atoms with Crippen molar-refractivity contribution in [3.05, 3.63) is 23.4 Å². The number of hydrogen-bond donors (Lipinski definition) is 3. The highest BCUT2D eigenvalue weighted by Gasteiger charge is 2.33. The lowest BCUT2D eigenvalue weighted by atomic mass is 9.87. The quantitative estimate of drug-likeness (QED) is 0.744. The Bertz CT molecular complexity index is 482. The third kappa shape index (κ3) is 3.28. The second-order valence-corrected chi connectivity index (χ2v) is 5.61. The van der Waals surface area contributed by atoms with Gasteiger partial charge in [0, 0.05) is 17.7 Å². The molecule has 1 aliphatic rings. The Balaban J connectivity index is 2.12. The Kier molecular flexibility index (Phi) is 4.60. The number of aromatic carboxylic acids is 1. The number of aliphatic hydroxyl groups excluding tert-OH is 1. The molecule has 0 amide bonds. The number of pyridine rings is 1. The zero-order valence-electron chi connectivity index (χ0n) is 11.9. The van der Waals surface area contributed by atoms with Crippen LogP contribution in [-0.4, -0.2) is 34.3 Å². The number of nitrogens with one attached hydrogen (secondary N) is 1. The molecule has 3 N–H and O–H groups in total. The predicted octanol–water partition coefficient (Wildman–Crippen LogP) is 2.31. The minimum Gasteiger partial charge on any atom is -0.478 e. The van der Waals surface area contributed by atoms with Crippen LogP contribution in [0, 0.1) is 5.41 Å². The van der Waals surface area contributed by atoms with Gasteiger partial charge in [-0.05, 0) is 31.4 Å². The highest BCUT2D eigenvalue weighted by molar-refractivity contribution is 5.88. The Morgan fingerprint density at radius 2 is 2.10 bits per heavy atom. The van der Waals surface area contributed by atoms with E-state index in [4.69, 9.17) is 5.11 Å². The highest BCUT2D eigenvalue weighted by Crippen LogP contribution is 2.37. The molecule has 110 valence electrons. The number of aromatic nitrogens is 1. The van der Waals surface area contributed by atoms with Crippen LogP contribution in [-0.2, 0) is 6.42 Å². The van der Waals surface area contributed by atoms with Crippen LogP contribution < -0.4 is 5.32 Å². The van der Waals surface area contributed by atoms with E-state index in [1.54, 1.807) is 12.1 Å². The molecule has 1 fully saturated rings. The van der Waals surface area contributed by atoms with Crippen molar-refractivity contribution >= 4 is 11.8 Å². The van der Waals surface area contributed by atoms with Crippen LogP contribution in [0.3, 0.4) is 0 Å². The predicted molar refractivity (Wildman–Crippen MR) is 77.1 cm³/mol. The first-order chi connectivity index (χ1) is 9.58. The van der Waals surface area contributed by atoms with Crippen LogP contribution in [0.1, 0.15) is 48.7 Å². The summed E-state index contributed by atoms with van der Waals surface area (Å²) in [6.07, 6.45) is 5.00. The van der Waals surface area contributed by atoms with Crippen molar-refractivity contribution in [3.63, 3.8) is 0 Å². The largest absolute Gasteiger partial charge is 0.478 e. The van der Waals surface area contributed by atoms with E-state index in [-0.39, 0.29) is 17.6 Å². The summed E-state index contributed by atoms with van der Waals surface area (Å²) >= 11 is 0. The number of carboxylic acid groups (broad SMARTS) is 1. The van der Waals surface area contributed by atoms with Gasteiger partial charge in [-0.25, -0.2) is 9.78 Å². The molecular weight excluding hydrogens is 256 g/mol. The number of nitrogens with zero attached hydrogens (tertiary/aromatic N) is 1. The van der Waals surface area contributed by atoms with E-state index >= 15 is 0 Å². The van der Waals surface area contributed by atoms with Crippen LogP contribution >= 0.6 is 0 Å². The van der Waals surface area contributed by atoms with Crippen molar-refractivity contribution < 1.29 is 15.0 Å². The topological polar surface area (TPSA) is 82.5 Å². The van der Waals surface area contributed by atoms with Gasteiger partial charge in [0.2, 0.25) is 0 Å². The number of aliphatic hydroxyl groups is 1. The number of rotatable bonds is 6. The molecule has 1 saturated carbocycles. The Labute approximate surface area is 119 Å². The van der Waals surface area contributed by atoms with Crippen LogP contribution in [0.4, 0.5) is 5.82 Å². The van der Waals surface area contributed by atoms with Crippen molar-refractivity contribution in [2.75, 3.05) is 18.5 Å². The summed E-state index contributed by atoms with van der Waals surface area (Å²) in [5.74, 6) is -0.357. The summed E-state index contributed by atoms with van der Waals surface area (Å²) in [5.41, 5.74) is 0.938. The molecule has 0 aromatic carbocycles. The molecule has 0 atom stereocenters. The summed E-state index contributed by atoms with van der Waals surface area (Å²) in [4.78, 5) is 15.5. The van der Waals surface area contributed by atoms with Gasteiger partial charge in [0.1, 0.15) is 5.82 Å². The molecule has 0 saturated heterocycles. The average molecular weight is 278 g/mol. The monoisotopic (exact) mass is 278 g/mol. The van der Waals surface area contributed by atoms with E-state index in [1.165, 1.54) is 0 Å². The molecule has 1 heterocycles. The van der Waals surface area contributed by atoms with Crippen molar-refractivity contribution in [3.8, 4) is 0 Å². The number of carbonyl (C=O) groups is 1. The number of hydrogen-bond acceptors (Lipinski definition) is 4. The van der Waals surface area contributed by atoms with Gasteiger partial charge in [0.05, 0.1) is 12.2 Å². The molecule has 1 aliphatic carbocycles. The fourth-order valence-corrected chi connectivity index (χ4v) is 2.78. The fraction of sp³-hybridized carbons (Fsp3) is 0.600. The van der Waals surface area contributed by atoms with Crippen molar-refractivity contribution in [1.29, 1.82) is 0 Å². The molecular formula is C15H22N2O3. The normalized spacial score (nSPS) is 17.1. The van der Waals surface area contributed by atoms with Crippen LogP contribution in [0.15, 0.2) is 12.1 Å². The highest BCUT2D eigenvalue weighted by atomic mass is 16.4. The van der Waals surface area contributed by atoms with Gasteiger partial charge in [-0.3, -0.25) is 0 Å². The third-order valence-electron chi connectivity index (χ3n) is 4.13. The van der Waals surface area contributed by atoms with Crippen LogP contribution in [0.25, 0.3) is 0 Å². The second-order valence-electron chi connectivity index (χ2n) is 5.61. The van der Waals surface area contributed by atoms with Crippen LogP contribution in [0.5, 0.6) is 0 Å². The van der Waals surface area contributed by atoms with E-state index in [0.717, 1.165) is 31.4 Å². The van der Waals surface area contributed by atoms with E-state index in [0.29, 0.717) is 18.8 Å². The zero-order valence-corrected chi connectivity index (χ0v) is 11.9. The first-order valence-corrected chi connectivity index (χ1v) is 7.17. The van der Waals surface area contributed by atoms with Gasteiger partial charge in [0.15, 0.2) is 0 Å². The Hall–Kier alpha value is -1.62. The van der Waals surface area contributed by atoms with Crippen molar-refractivity contribution in [2.45, 2.75) is 39.0 Å². The van der Waals surface area contributed by atoms with Gasteiger partial charge < -0.3 is 15.5 Å². The summed E-state index contributed by atoms with van der Waals surface area (Å²) in [6.45, 7) is 2.76. The fourth-order valence-electron chi connectivity index (χ4n) is 2.78. The van der Waals surface area contributed by atoms with Crippen molar-refractivity contribution in [1.82, 2.24) is 4.98 Å². The minimum absolute atomic E-state index is 0.0761. The Morgan fingerprint density at radius 3 is 2.65 bits per heavy atom. The van der Waals surface area contributed by atoms with E-state index in [2.05, 4.69) is 10.3 Å². The first kappa shape index (κ1) is 14.8. The summed E-state index contributed by atoms with van der Waals surface area (Å²) in [6, 6.07) is 3.16. The molecule has 2 rings (SSSR count). The van der Waals surface area contributed by atoms with Gasteiger partial charge in [-0.1, -0.05) is 19.8 Å². The Morgan fingerprint density at radius 1 is 1.40 bits per heavy atom. The SMILES string of the molecule is CCc1cc(C(=O)O)cc(NCC2(CO)CCCC2)n1. The van der Waals surface area contributed by atoms with E-state index in [9.17, 15) is 9.90 Å². The maximum Gasteiger partial charge on any atom is 0.335 e. The van der Waals surface area contributed by atoms with E-state index in [1.807, 2.05) is 6.92 Å². The lowest BCUT2D eigenvalue weighted by molar-refractivity contribution is 0.0696. The maximum atomic E-state index is 11.1. The molecule has 0 spiro atoms. The number of aryl methyl sites for hydroxylation is 1. The summed E-state index contributed by atoms with van der Waals surface area (Å²) in [5, 5.41) is 21.9. The standard InChI is InChI=1S/C15H22N2O3/c1-2-12-7-11(14(19)20)8-13(17-12)16-9-15(10-18)5-3-4-6-15/h7-8,18H,2-6,9-10H2,1H3,(H,16,17)(H,19,20). The van der Waals surface area contributed by atoms with Gasteiger partial charge in [-0.15, -0.1) is 0 Å². The van der Waals surface area contributed by atoms with E-state index < -0.39 is 5.97 Å². The number of anilines is 1. The van der Waals surface area contributed by atoms with Gasteiger partial charge in [-0.2, -0.15) is 0 Å². The molecule has 5 heteroatoms. The molecule has 5 nitrogen and oxygen atoms in total.